The second-order valence-electron chi connectivity index (χ2n) is 8.85. The third kappa shape index (κ3) is 4.53. The molecule has 2 unspecified atom stereocenters. The van der Waals surface area contributed by atoms with E-state index < -0.39 is 11.0 Å². The molecule has 1 N–H and O–H groups in total. The number of nitrogens with one attached hydrogen (secondary N) is 1. The third-order valence-corrected chi connectivity index (χ3v) is 7.58. The Morgan fingerprint density at radius 3 is 2.77 bits per heavy atom. The molecule has 2 atom stereocenters. The standard InChI is InChI=1S/C23H27N9O2S/c1-14(2)32-15(3)27-19-11-25-22(9-20(19)32)28-21-5-7-24-23(29-21)17-10-26-31(12-17)35(34)18-6-8-30(13-18)16(4)33/h5,7,9-12,14,18H,6,8,13H2,1-4H3,(H,24,25,28,29). The smallest absolute Gasteiger partial charge is 0.219 e. The molecule has 12 heteroatoms. The van der Waals surface area contributed by atoms with E-state index in [1.165, 1.54) is 11.0 Å². The van der Waals surface area contributed by atoms with Crippen molar-refractivity contribution >= 4 is 39.6 Å². The summed E-state index contributed by atoms with van der Waals surface area (Å²) >= 11 is 0. The number of hydrogen-bond acceptors (Lipinski definition) is 8. The lowest BCUT2D eigenvalue weighted by Gasteiger charge is -2.13. The van der Waals surface area contributed by atoms with Crippen LogP contribution in [0.2, 0.25) is 0 Å². The van der Waals surface area contributed by atoms with Crippen molar-refractivity contribution in [1.82, 2.24) is 38.6 Å². The van der Waals surface area contributed by atoms with E-state index in [2.05, 4.69) is 48.8 Å². The van der Waals surface area contributed by atoms with Crippen LogP contribution >= 0.6 is 0 Å². The molecule has 35 heavy (non-hydrogen) atoms. The molecule has 1 aliphatic rings. The van der Waals surface area contributed by atoms with Crippen LogP contribution in [0.5, 0.6) is 0 Å². The molecule has 5 rings (SSSR count). The number of likely N-dealkylation sites (tertiary alicyclic amines) is 1. The van der Waals surface area contributed by atoms with Crippen LogP contribution in [0, 0.1) is 6.92 Å². The normalized spacial score (nSPS) is 16.8. The molecular formula is C23H27N9O2S. The maximum absolute atomic E-state index is 13.0. The summed E-state index contributed by atoms with van der Waals surface area (Å²) in [7, 11) is -1.38. The van der Waals surface area contributed by atoms with E-state index in [4.69, 9.17) is 0 Å². The number of imidazole rings is 1. The Kier molecular flexibility index (Phi) is 6.05. The molecule has 182 valence electrons. The van der Waals surface area contributed by atoms with Crippen LogP contribution in [0.15, 0.2) is 36.9 Å². The zero-order valence-corrected chi connectivity index (χ0v) is 20.9. The Bertz CT molecular complexity index is 1430. The summed E-state index contributed by atoms with van der Waals surface area (Å²) in [5, 5.41) is 7.37. The minimum Gasteiger partial charge on any atom is -0.342 e. The molecule has 5 heterocycles. The van der Waals surface area contributed by atoms with E-state index in [-0.39, 0.29) is 17.2 Å². The number of carbonyl (C=O) groups excluding carboxylic acids is 1. The first-order valence-corrected chi connectivity index (χ1v) is 12.6. The van der Waals surface area contributed by atoms with Gasteiger partial charge in [-0.15, -0.1) is 0 Å². The SMILES string of the molecule is CC(=O)N1CCC(S(=O)n2cc(-c3nccc(Nc4cc5c(cn4)nc(C)n5C(C)C)n3)cn2)C1. The monoisotopic (exact) mass is 493 g/mol. The molecule has 4 aromatic heterocycles. The first-order chi connectivity index (χ1) is 16.8. The highest BCUT2D eigenvalue weighted by molar-refractivity contribution is 7.84. The predicted octanol–water partition coefficient (Wildman–Crippen LogP) is 2.85. The minimum absolute atomic E-state index is 0.000745. The maximum Gasteiger partial charge on any atom is 0.219 e. The van der Waals surface area contributed by atoms with E-state index in [9.17, 15) is 9.00 Å². The molecular weight excluding hydrogens is 466 g/mol. The van der Waals surface area contributed by atoms with Crippen LogP contribution in [-0.4, -0.2) is 67.0 Å². The van der Waals surface area contributed by atoms with Gasteiger partial charge in [-0.05, 0) is 33.3 Å². The topological polar surface area (TPSA) is 124 Å². The Morgan fingerprint density at radius 2 is 2.03 bits per heavy atom. The molecule has 1 amide bonds. The van der Waals surface area contributed by atoms with Gasteiger partial charge in [-0.2, -0.15) is 9.19 Å². The molecule has 0 aliphatic carbocycles. The van der Waals surface area contributed by atoms with Crippen LogP contribution in [0.3, 0.4) is 0 Å². The highest BCUT2D eigenvalue weighted by Gasteiger charge is 2.30. The van der Waals surface area contributed by atoms with Gasteiger partial charge >= 0.3 is 0 Å². The Hall–Kier alpha value is -3.67. The Morgan fingerprint density at radius 1 is 1.20 bits per heavy atom. The van der Waals surface area contributed by atoms with Gasteiger partial charge in [0.05, 0.1) is 34.9 Å². The number of aromatic nitrogens is 7. The lowest BCUT2D eigenvalue weighted by atomic mass is 10.3. The summed E-state index contributed by atoms with van der Waals surface area (Å²) in [5.41, 5.74) is 2.50. The van der Waals surface area contributed by atoms with Gasteiger partial charge in [0.25, 0.3) is 0 Å². The van der Waals surface area contributed by atoms with E-state index >= 15 is 0 Å². The highest BCUT2D eigenvalue weighted by Crippen LogP contribution is 2.25. The molecule has 1 aliphatic heterocycles. The zero-order chi connectivity index (χ0) is 24.7. The fourth-order valence-electron chi connectivity index (χ4n) is 4.39. The van der Waals surface area contributed by atoms with Crippen LogP contribution in [0.4, 0.5) is 11.6 Å². The lowest BCUT2D eigenvalue weighted by molar-refractivity contribution is -0.127. The molecule has 0 bridgehead atoms. The van der Waals surface area contributed by atoms with Gasteiger partial charge in [0, 0.05) is 38.3 Å². The van der Waals surface area contributed by atoms with Crippen molar-refractivity contribution in [3.05, 3.63) is 42.7 Å². The Labute approximate surface area is 205 Å². The van der Waals surface area contributed by atoms with Crippen molar-refractivity contribution < 1.29 is 9.00 Å². The first kappa shape index (κ1) is 23.1. The largest absolute Gasteiger partial charge is 0.342 e. The van der Waals surface area contributed by atoms with Gasteiger partial charge in [0.1, 0.15) is 34.0 Å². The van der Waals surface area contributed by atoms with Gasteiger partial charge in [-0.1, -0.05) is 0 Å². The highest BCUT2D eigenvalue weighted by atomic mass is 32.2. The molecule has 1 saturated heterocycles. The van der Waals surface area contributed by atoms with Crippen molar-refractivity contribution in [2.24, 2.45) is 0 Å². The van der Waals surface area contributed by atoms with Crippen LogP contribution in [0.25, 0.3) is 22.4 Å². The van der Waals surface area contributed by atoms with Gasteiger partial charge in [-0.25, -0.2) is 24.1 Å². The first-order valence-electron chi connectivity index (χ1n) is 11.5. The average molecular weight is 494 g/mol. The summed E-state index contributed by atoms with van der Waals surface area (Å²) in [6.45, 7) is 8.86. The molecule has 1 fully saturated rings. The van der Waals surface area contributed by atoms with Gasteiger partial charge in [-0.3, -0.25) is 4.79 Å². The number of anilines is 2. The number of aryl methyl sites for hydroxylation is 1. The quantitative estimate of drug-likeness (QED) is 0.435. The average Bonchev–Trinajstić information content (AvgIpc) is 3.56. The van der Waals surface area contributed by atoms with Crippen molar-refractivity contribution in [2.45, 2.75) is 45.4 Å². The lowest BCUT2D eigenvalue weighted by Crippen LogP contribution is -2.29. The molecule has 0 aromatic carbocycles. The number of pyridine rings is 1. The third-order valence-electron chi connectivity index (χ3n) is 6.06. The van der Waals surface area contributed by atoms with Gasteiger partial charge in [0.15, 0.2) is 5.82 Å². The molecule has 0 saturated carbocycles. The van der Waals surface area contributed by atoms with Crippen molar-refractivity contribution in [3.63, 3.8) is 0 Å². The summed E-state index contributed by atoms with van der Waals surface area (Å²) in [4.78, 5) is 31.3. The molecule has 11 nitrogen and oxygen atoms in total. The minimum atomic E-state index is -1.38. The van der Waals surface area contributed by atoms with Gasteiger partial charge < -0.3 is 14.8 Å². The molecule has 0 radical (unpaired) electrons. The van der Waals surface area contributed by atoms with E-state index in [1.54, 1.807) is 35.8 Å². The molecule has 4 aromatic rings. The predicted molar refractivity (Wildman–Crippen MR) is 133 cm³/mol. The zero-order valence-electron chi connectivity index (χ0n) is 20.0. The fourth-order valence-corrected chi connectivity index (χ4v) is 5.67. The van der Waals surface area contributed by atoms with Crippen molar-refractivity contribution in [2.75, 3.05) is 18.4 Å². The Balaban J connectivity index is 1.35. The van der Waals surface area contributed by atoms with E-state index in [0.717, 1.165) is 16.9 Å². The second-order valence-corrected chi connectivity index (χ2v) is 10.4. The summed E-state index contributed by atoms with van der Waals surface area (Å²) < 4.78 is 16.6. The summed E-state index contributed by atoms with van der Waals surface area (Å²) in [5.74, 6) is 2.63. The van der Waals surface area contributed by atoms with E-state index in [1.807, 2.05) is 13.0 Å². The van der Waals surface area contributed by atoms with E-state index in [0.29, 0.717) is 42.5 Å². The molecule has 0 spiro atoms. The van der Waals surface area contributed by atoms with Crippen LogP contribution < -0.4 is 5.32 Å². The van der Waals surface area contributed by atoms with Crippen LogP contribution in [-0.2, 0) is 15.8 Å². The van der Waals surface area contributed by atoms with Gasteiger partial charge in [0.2, 0.25) is 5.91 Å². The fraction of sp³-hybridized carbons (Fsp3) is 0.391. The summed E-state index contributed by atoms with van der Waals surface area (Å²) in [6.07, 6.45) is 7.37. The number of rotatable bonds is 6. The number of amides is 1. The maximum atomic E-state index is 13.0. The van der Waals surface area contributed by atoms with Crippen LogP contribution in [0.1, 0.15) is 39.1 Å². The summed E-state index contributed by atoms with van der Waals surface area (Å²) in [6, 6.07) is 4.00. The van der Waals surface area contributed by atoms with Crippen molar-refractivity contribution in [1.29, 1.82) is 0 Å². The number of fused-ring (bicyclic) bond motifs is 1. The number of carbonyl (C=O) groups is 1. The second kappa shape index (κ2) is 9.17. The van der Waals surface area contributed by atoms with Crippen molar-refractivity contribution in [3.8, 4) is 11.4 Å². The number of hydrogen-bond donors (Lipinski definition) is 1. The number of nitrogens with zero attached hydrogens (tertiary/aromatic N) is 8.